The van der Waals surface area contributed by atoms with Gasteiger partial charge in [0.2, 0.25) is 0 Å². The number of esters is 1. The van der Waals surface area contributed by atoms with Crippen LogP contribution in [0, 0.1) is 6.92 Å². The van der Waals surface area contributed by atoms with Crippen LogP contribution in [0.15, 0.2) is 35.5 Å². The summed E-state index contributed by atoms with van der Waals surface area (Å²) in [5.74, 6) is -0.988. The molecule has 7 heteroatoms. The standard InChI is InChI=1S/C16H13N3O4/c1-7-11-12(8-2-4-9(5-3-8)15(20)21)13-10(6-23-16(13)22)17-14(11)19-18-7/h2-5,12H,6H2,1H3,(H,20,21)(H2,17,18,19)/t12-/m0/s1. The van der Waals surface area contributed by atoms with Crippen LogP contribution in [-0.2, 0) is 9.53 Å². The zero-order valence-electron chi connectivity index (χ0n) is 12.2. The van der Waals surface area contributed by atoms with Gasteiger partial charge in [-0.1, -0.05) is 12.1 Å². The summed E-state index contributed by atoms with van der Waals surface area (Å²) in [6.07, 6.45) is 0. The molecule has 0 amide bonds. The van der Waals surface area contributed by atoms with Gasteiger partial charge in [0.1, 0.15) is 6.61 Å². The molecule has 1 atom stereocenters. The normalized spacial score (nSPS) is 19.0. The van der Waals surface area contributed by atoms with Gasteiger partial charge in [-0.05, 0) is 24.6 Å². The third-order valence-corrected chi connectivity index (χ3v) is 4.22. The van der Waals surface area contributed by atoms with Gasteiger partial charge in [0.25, 0.3) is 0 Å². The smallest absolute Gasteiger partial charge is 0.337 e. The molecule has 7 nitrogen and oxygen atoms in total. The predicted molar refractivity (Wildman–Crippen MR) is 80.2 cm³/mol. The predicted octanol–water partition coefficient (Wildman–Crippen LogP) is 1.78. The number of anilines is 1. The van der Waals surface area contributed by atoms with Crippen molar-refractivity contribution in [1.82, 2.24) is 10.2 Å². The number of H-pyrrole nitrogens is 1. The second-order valence-corrected chi connectivity index (χ2v) is 5.56. The fraction of sp³-hybridized carbons (Fsp3) is 0.188. The Hall–Kier alpha value is -3.09. The Morgan fingerprint density at radius 3 is 2.78 bits per heavy atom. The van der Waals surface area contributed by atoms with Crippen molar-refractivity contribution in [3.8, 4) is 0 Å². The van der Waals surface area contributed by atoms with Gasteiger partial charge >= 0.3 is 11.9 Å². The largest absolute Gasteiger partial charge is 0.478 e. The maximum absolute atomic E-state index is 12.2. The number of fused-ring (bicyclic) bond motifs is 1. The molecule has 0 fully saturated rings. The molecule has 4 rings (SSSR count). The lowest BCUT2D eigenvalue weighted by atomic mass is 9.82. The number of cyclic esters (lactones) is 1. The lowest BCUT2D eigenvalue weighted by Crippen LogP contribution is -2.19. The van der Waals surface area contributed by atoms with E-state index in [9.17, 15) is 9.59 Å². The summed E-state index contributed by atoms with van der Waals surface area (Å²) in [6, 6.07) is 6.53. The summed E-state index contributed by atoms with van der Waals surface area (Å²) in [5, 5.41) is 19.3. The van der Waals surface area contributed by atoms with Crippen LogP contribution in [0.2, 0.25) is 0 Å². The van der Waals surface area contributed by atoms with Crippen molar-refractivity contribution in [2.45, 2.75) is 12.8 Å². The van der Waals surface area contributed by atoms with E-state index in [4.69, 9.17) is 9.84 Å². The number of aryl methyl sites for hydroxylation is 1. The summed E-state index contributed by atoms with van der Waals surface area (Å²) in [7, 11) is 0. The molecule has 0 radical (unpaired) electrons. The number of nitrogens with one attached hydrogen (secondary N) is 2. The van der Waals surface area contributed by atoms with Crippen molar-refractivity contribution >= 4 is 17.8 Å². The number of carboxylic acid groups (broad SMARTS) is 1. The Morgan fingerprint density at radius 1 is 1.35 bits per heavy atom. The van der Waals surface area contributed by atoms with E-state index in [1.807, 2.05) is 6.92 Å². The number of benzene rings is 1. The molecule has 0 saturated heterocycles. The van der Waals surface area contributed by atoms with Crippen molar-refractivity contribution in [1.29, 1.82) is 0 Å². The van der Waals surface area contributed by atoms with Gasteiger partial charge in [0.15, 0.2) is 5.82 Å². The highest BCUT2D eigenvalue weighted by Crippen LogP contribution is 2.44. The number of hydrogen-bond acceptors (Lipinski definition) is 5. The zero-order valence-corrected chi connectivity index (χ0v) is 12.2. The van der Waals surface area contributed by atoms with Crippen LogP contribution in [0.3, 0.4) is 0 Å². The summed E-state index contributed by atoms with van der Waals surface area (Å²) in [6.45, 7) is 2.08. The van der Waals surface area contributed by atoms with E-state index >= 15 is 0 Å². The van der Waals surface area contributed by atoms with Crippen LogP contribution < -0.4 is 5.32 Å². The van der Waals surface area contributed by atoms with Crippen LogP contribution >= 0.6 is 0 Å². The number of rotatable bonds is 2. The van der Waals surface area contributed by atoms with Gasteiger partial charge in [0, 0.05) is 17.2 Å². The van der Waals surface area contributed by atoms with E-state index < -0.39 is 5.97 Å². The molecule has 1 aromatic heterocycles. The molecule has 23 heavy (non-hydrogen) atoms. The van der Waals surface area contributed by atoms with Crippen LogP contribution in [0.5, 0.6) is 0 Å². The molecule has 0 unspecified atom stereocenters. The number of aromatic carboxylic acids is 1. The average Bonchev–Trinajstić information content (AvgIpc) is 3.10. The molecule has 0 bridgehead atoms. The lowest BCUT2D eigenvalue weighted by molar-refractivity contribution is -0.136. The first-order valence-electron chi connectivity index (χ1n) is 7.11. The molecular weight excluding hydrogens is 298 g/mol. The van der Waals surface area contributed by atoms with Gasteiger partial charge < -0.3 is 15.2 Å². The zero-order chi connectivity index (χ0) is 16.1. The molecule has 2 aromatic rings. The maximum atomic E-state index is 12.2. The SMILES string of the molecule is Cc1[nH]nc2c1[C@H](c1ccc(C(=O)O)cc1)C1=C(COC1=O)N2. The topological polar surface area (TPSA) is 104 Å². The number of hydrogen-bond donors (Lipinski definition) is 3. The highest BCUT2D eigenvalue weighted by molar-refractivity contribution is 5.97. The third-order valence-electron chi connectivity index (χ3n) is 4.22. The van der Waals surface area contributed by atoms with Crippen LogP contribution in [0.25, 0.3) is 0 Å². The fourth-order valence-electron chi connectivity index (χ4n) is 3.14. The van der Waals surface area contributed by atoms with Crippen LogP contribution in [0.4, 0.5) is 5.82 Å². The number of aromatic nitrogens is 2. The highest BCUT2D eigenvalue weighted by Gasteiger charge is 2.40. The van der Waals surface area contributed by atoms with E-state index in [0.29, 0.717) is 17.1 Å². The minimum absolute atomic E-state index is 0.198. The minimum Gasteiger partial charge on any atom is -0.478 e. The van der Waals surface area contributed by atoms with Gasteiger partial charge in [-0.25, -0.2) is 9.59 Å². The van der Waals surface area contributed by atoms with Crippen molar-refractivity contribution < 1.29 is 19.4 Å². The molecule has 0 saturated carbocycles. The third kappa shape index (κ3) is 1.93. The lowest BCUT2D eigenvalue weighted by Gasteiger charge is -2.24. The Morgan fingerprint density at radius 2 is 2.09 bits per heavy atom. The van der Waals surface area contributed by atoms with Gasteiger partial charge in [-0.3, -0.25) is 5.10 Å². The van der Waals surface area contributed by atoms with Crippen molar-refractivity contribution in [2.24, 2.45) is 0 Å². The Bertz CT molecular complexity index is 864. The Balaban J connectivity index is 1.88. The number of aromatic amines is 1. The van der Waals surface area contributed by atoms with Crippen LogP contribution in [0.1, 0.15) is 33.1 Å². The maximum Gasteiger partial charge on any atom is 0.337 e. The first-order chi connectivity index (χ1) is 11.1. The van der Waals surface area contributed by atoms with Gasteiger partial charge in [-0.2, -0.15) is 5.10 Å². The molecule has 3 heterocycles. The number of carboxylic acids is 1. The molecule has 1 aromatic carbocycles. The molecular formula is C16H13N3O4. The number of carbonyl (C=O) groups excluding carboxylic acids is 1. The number of nitrogens with zero attached hydrogens (tertiary/aromatic N) is 1. The van der Waals surface area contributed by atoms with Gasteiger partial charge in [0.05, 0.1) is 16.8 Å². The second kappa shape index (κ2) is 4.70. The van der Waals surface area contributed by atoms with E-state index in [-0.39, 0.29) is 24.1 Å². The Kier molecular flexibility index (Phi) is 2.77. The van der Waals surface area contributed by atoms with Crippen LogP contribution in [-0.4, -0.2) is 33.8 Å². The second-order valence-electron chi connectivity index (χ2n) is 5.56. The number of carbonyl (C=O) groups is 2. The molecule has 2 aliphatic heterocycles. The monoisotopic (exact) mass is 311 g/mol. The molecule has 0 spiro atoms. The summed E-state index contributed by atoms with van der Waals surface area (Å²) >= 11 is 0. The summed E-state index contributed by atoms with van der Waals surface area (Å²) in [5.41, 5.74) is 4.03. The fourth-order valence-corrected chi connectivity index (χ4v) is 3.14. The summed E-state index contributed by atoms with van der Waals surface area (Å²) in [4.78, 5) is 23.2. The van der Waals surface area contributed by atoms with Crippen molar-refractivity contribution in [3.63, 3.8) is 0 Å². The van der Waals surface area contributed by atoms with E-state index in [1.165, 1.54) is 12.1 Å². The average molecular weight is 311 g/mol. The Labute approximate surface area is 131 Å². The highest BCUT2D eigenvalue weighted by atomic mass is 16.5. The minimum atomic E-state index is -0.984. The molecule has 3 N–H and O–H groups in total. The molecule has 2 aliphatic rings. The van der Waals surface area contributed by atoms with E-state index in [2.05, 4.69) is 15.5 Å². The summed E-state index contributed by atoms with van der Waals surface area (Å²) < 4.78 is 5.15. The molecule has 116 valence electrons. The molecule has 0 aliphatic carbocycles. The van der Waals surface area contributed by atoms with E-state index in [0.717, 1.165) is 16.8 Å². The van der Waals surface area contributed by atoms with Crippen molar-refractivity contribution in [3.05, 3.63) is 57.9 Å². The first kappa shape index (κ1) is 13.6. The van der Waals surface area contributed by atoms with E-state index in [1.54, 1.807) is 12.1 Å². The number of ether oxygens (including phenoxy) is 1. The quantitative estimate of drug-likeness (QED) is 0.730. The first-order valence-corrected chi connectivity index (χ1v) is 7.11. The van der Waals surface area contributed by atoms with Crippen molar-refractivity contribution in [2.75, 3.05) is 11.9 Å². The van der Waals surface area contributed by atoms with Gasteiger partial charge in [-0.15, -0.1) is 0 Å².